The van der Waals surface area contributed by atoms with Gasteiger partial charge in [0.1, 0.15) is 6.54 Å². The van der Waals surface area contributed by atoms with E-state index in [1.54, 1.807) is 4.90 Å². The van der Waals surface area contributed by atoms with Crippen molar-refractivity contribution in [1.29, 1.82) is 0 Å². The first-order chi connectivity index (χ1) is 12.4. The Morgan fingerprint density at radius 1 is 1.15 bits per heavy atom. The molecule has 0 saturated carbocycles. The maximum Gasteiger partial charge on any atom is 0.389 e. The van der Waals surface area contributed by atoms with Gasteiger partial charge in [0.15, 0.2) is 0 Å². The van der Waals surface area contributed by atoms with Crippen molar-refractivity contribution in [3.63, 3.8) is 0 Å². The van der Waals surface area contributed by atoms with E-state index in [1.807, 2.05) is 18.2 Å². The number of hydrogen-bond donors (Lipinski definition) is 0. The lowest BCUT2D eigenvalue weighted by atomic mass is 10.2. The lowest BCUT2D eigenvalue weighted by Gasteiger charge is -2.34. The number of amides is 1. The molecule has 8 nitrogen and oxygen atoms in total. The molecule has 0 unspecified atom stereocenters. The van der Waals surface area contributed by atoms with E-state index >= 15 is 0 Å². The molecule has 0 bridgehead atoms. The fourth-order valence-electron chi connectivity index (χ4n) is 2.84. The minimum atomic E-state index is -0.584. The van der Waals surface area contributed by atoms with Crippen LogP contribution in [0.5, 0.6) is 0 Å². The molecule has 1 aliphatic heterocycles. The molecule has 0 atom stereocenters. The summed E-state index contributed by atoms with van der Waals surface area (Å²) in [5, 5.41) is 15.7. The summed E-state index contributed by atoms with van der Waals surface area (Å²) in [7, 11) is 0. The second-order valence-electron chi connectivity index (χ2n) is 5.99. The van der Waals surface area contributed by atoms with Crippen LogP contribution < -0.4 is 0 Å². The summed E-state index contributed by atoms with van der Waals surface area (Å²) in [6.07, 6.45) is 1.44. The standard InChI is InChI=1S/C16H17Cl2N5O3/c17-13-2-1-3-14(18)12(13)10-20-6-8-21(9-7-20)16(24)11-22-5-4-15(19-22)23(25)26/h1-5H,6-11H2. The van der Waals surface area contributed by atoms with Gasteiger partial charge in [-0.15, -0.1) is 0 Å². The van der Waals surface area contributed by atoms with Crippen molar-refractivity contribution in [3.05, 3.63) is 56.2 Å². The topological polar surface area (TPSA) is 84.5 Å². The summed E-state index contributed by atoms with van der Waals surface area (Å²) in [6, 6.07) is 6.71. The maximum atomic E-state index is 12.4. The van der Waals surface area contributed by atoms with Crippen molar-refractivity contribution in [1.82, 2.24) is 19.6 Å². The van der Waals surface area contributed by atoms with Crippen molar-refractivity contribution in [3.8, 4) is 0 Å². The number of nitro groups is 1. The van der Waals surface area contributed by atoms with Crippen LogP contribution in [-0.2, 0) is 17.9 Å². The summed E-state index contributed by atoms with van der Waals surface area (Å²) in [6.45, 7) is 3.17. The third-order valence-corrected chi connectivity index (χ3v) is 4.99. The summed E-state index contributed by atoms with van der Waals surface area (Å²) in [5.74, 6) is -0.377. The zero-order valence-electron chi connectivity index (χ0n) is 13.8. The highest BCUT2D eigenvalue weighted by Crippen LogP contribution is 2.26. The predicted molar refractivity (Wildman–Crippen MR) is 97.2 cm³/mol. The molecule has 1 aromatic carbocycles. The van der Waals surface area contributed by atoms with Crippen LogP contribution in [0.4, 0.5) is 5.82 Å². The molecule has 0 aliphatic carbocycles. The average molecular weight is 398 g/mol. The first-order valence-electron chi connectivity index (χ1n) is 8.05. The number of aromatic nitrogens is 2. The Bertz CT molecular complexity index is 798. The Labute approximate surface area is 160 Å². The normalized spacial score (nSPS) is 15.2. The average Bonchev–Trinajstić information content (AvgIpc) is 3.07. The highest BCUT2D eigenvalue weighted by Gasteiger charge is 2.23. The fraction of sp³-hybridized carbons (Fsp3) is 0.375. The molecular weight excluding hydrogens is 381 g/mol. The molecule has 1 amide bonds. The molecule has 3 rings (SSSR count). The predicted octanol–water partition coefficient (Wildman–Crippen LogP) is 2.44. The van der Waals surface area contributed by atoms with Crippen molar-refractivity contribution in [2.24, 2.45) is 0 Å². The minimum absolute atomic E-state index is 0.00974. The van der Waals surface area contributed by atoms with Gasteiger partial charge in [-0.1, -0.05) is 29.3 Å². The number of nitrogens with zero attached hydrogens (tertiary/aromatic N) is 5. The van der Waals surface area contributed by atoms with Gasteiger partial charge in [0, 0.05) is 48.3 Å². The lowest BCUT2D eigenvalue weighted by molar-refractivity contribution is -0.389. The van der Waals surface area contributed by atoms with E-state index in [2.05, 4.69) is 10.00 Å². The van der Waals surface area contributed by atoms with E-state index in [4.69, 9.17) is 23.2 Å². The van der Waals surface area contributed by atoms with Crippen LogP contribution in [-0.4, -0.2) is 56.6 Å². The summed E-state index contributed by atoms with van der Waals surface area (Å²) < 4.78 is 1.29. The van der Waals surface area contributed by atoms with Crippen LogP contribution in [0.3, 0.4) is 0 Å². The first-order valence-corrected chi connectivity index (χ1v) is 8.80. The zero-order valence-corrected chi connectivity index (χ0v) is 15.4. The van der Waals surface area contributed by atoms with Gasteiger partial charge in [-0.3, -0.25) is 9.69 Å². The molecule has 1 saturated heterocycles. The highest BCUT2D eigenvalue weighted by molar-refractivity contribution is 6.35. The Hall–Kier alpha value is -2.16. The molecule has 1 aromatic heterocycles. The number of rotatable bonds is 5. The largest absolute Gasteiger partial charge is 0.389 e. The molecular formula is C16H17Cl2N5O3. The number of halogens is 2. The van der Waals surface area contributed by atoms with Crippen LogP contribution >= 0.6 is 23.2 Å². The van der Waals surface area contributed by atoms with Crippen LogP contribution in [0.15, 0.2) is 30.5 Å². The fourth-order valence-corrected chi connectivity index (χ4v) is 3.35. The molecule has 2 heterocycles. The van der Waals surface area contributed by atoms with Crippen molar-refractivity contribution in [2.45, 2.75) is 13.1 Å². The SMILES string of the molecule is O=C(Cn1ccc([N+](=O)[O-])n1)N1CCN(Cc2c(Cl)cccc2Cl)CC1. The molecule has 0 N–H and O–H groups in total. The van der Waals surface area contributed by atoms with Gasteiger partial charge in [-0.25, -0.2) is 0 Å². The monoisotopic (exact) mass is 397 g/mol. The second-order valence-corrected chi connectivity index (χ2v) is 6.80. The summed E-state index contributed by atoms with van der Waals surface area (Å²) in [5.41, 5.74) is 0.888. The first kappa shape index (κ1) is 18.6. The third-order valence-electron chi connectivity index (χ3n) is 4.28. The van der Waals surface area contributed by atoms with Crippen LogP contribution in [0, 0.1) is 10.1 Å². The van der Waals surface area contributed by atoms with Crippen LogP contribution in [0.2, 0.25) is 10.0 Å². The third kappa shape index (κ3) is 4.32. The molecule has 2 aromatic rings. The summed E-state index contributed by atoms with van der Waals surface area (Å²) in [4.78, 5) is 26.3. The van der Waals surface area contributed by atoms with Crippen LogP contribution in [0.25, 0.3) is 0 Å². The van der Waals surface area contributed by atoms with Gasteiger partial charge in [-0.2, -0.15) is 4.68 Å². The van der Waals surface area contributed by atoms with E-state index in [9.17, 15) is 14.9 Å². The van der Waals surface area contributed by atoms with E-state index in [-0.39, 0.29) is 18.3 Å². The Morgan fingerprint density at radius 2 is 1.81 bits per heavy atom. The van der Waals surface area contributed by atoms with Gasteiger partial charge in [0.2, 0.25) is 5.91 Å². The smallest absolute Gasteiger partial charge is 0.358 e. The number of benzene rings is 1. The molecule has 1 fully saturated rings. The Kier molecular flexibility index (Phi) is 5.75. The van der Waals surface area contributed by atoms with E-state index in [1.165, 1.54) is 16.9 Å². The lowest BCUT2D eigenvalue weighted by Crippen LogP contribution is -2.49. The van der Waals surface area contributed by atoms with Gasteiger partial charge in [0.25, 0.3) is 0 Å². The van der Waals surface area contributed by atoms with E-state index in [0.717, 1.165) is 5.56 Å². The molecule has 1 aliphatic rings. The zero-order chi connectivity index (χ0) is 18.7. The number of piperazine rings is 1. The maximum absolute atomic E-state index is 12.4. The Balaban J connectivity index is 1.53. The van der Waals surface area contributed by atoms with Crippen molar-refractivity contribution < 1.29 is 9.72 Å². The van der Waals surface area contributed by atoms with Gasteiger partial charge in [0.05, 0.1) is 17.4 Å². The van der Waals surface area contributed by atoms with Gasteiger partial charge >= 0.3 is 5.82 Å². The van der Waals surface area contributed by atoms with Crippen molar-refractivity contribution >= 4 is 34.9 Å². The van der Waals surface area contributed by atoms with Gasteiger partial charge in [-0.05, 0) is 17.1 Å². The molecule has 0 spiro atoms. The number of carbonyl (C=O) groups is 1. The van der Waals surface area contributed by atoms with Crippen LogP contribution in [0.1, 0.15) is 5.56 Å². The van der Waals surface area contributed by atoms with Gasteiger partial charge < -0.3 is 15.0 Å². The molecule has 26 heavy (non-hydrogen) atoms. The van der Waals surface area contributed by atoms with E-state index in [0.29, 0.717) is 42.8 Å². The minimum Gasteiger partial charge on any atom is -0.358 e. The molecule has 138 valence electrons. The second kappa shape index (κ2) is 8.03. The van der Waals surface area contributed by atoms with E-state index < -0.39 is 4.92 Å². The quantitative estimate of drug-likeness (QED) is 0.571. The molecule has 0 radical (unpaired) electrons. The molecule has 10 heteroatoms. The summed E-state index contributed by atoms with van der Waals surface area (Å²) >= 11 is 12.4. The Morgan fingerprint density at radius 3 is 2.38 bits per heavy atom. The number of carbonyl (C=O) groups excluding carboxylic acids is 1. The highest BCUT2D eigenvalue weighted by atomic mass is 35.5. The number of hydrogen-bond acceptors (Lipinski definition) is 5. The van der Waals surface area contributed by atoms with Crippen molar-refractivity contribution in [2.75, 3.05) is 26.2 Å².